The van der Waals surface area contributed by atoms with E-state index < -0.39 is 0 Å². The lowest BCUT2D eigenvalue weighted by Gasteiger charge is -2.27. The third-order valence-electron chi connectivity index (χ3n) is 7.99. The quantitative estimate of drug-likeness (QED) is 0.592. The molecule has 174 valence electrons. The van der Waals surface area contributed by atoms with Crippen molar-refractivity contribution in [2.75, 3.05) is 32.8 Å². The zero-order chi connectivity index (χ0) is 23.0. The number of carbonyl (C=O) groups is 2. The molecule has 4 aliphatic rings. The zero-order valence-electron chi connectivity index (χ0n) is 19.2. The number of nitrogens with zero attached hydrogens (tertiary/aromatic N) is 2. The minimum Gasteiger partial charge on any atom is -0.492 e. The van der Waals surface area contributed by atoms with Crippen LogP contribution in [0.4, 0.5) is 0 Å². The number of ether oxygens (including phenoxy) is 1. The number of hydrogen-bond acceptors (Lipinski definition) is 5. The molecule has 0 unspecified atom stereocenters. The molecule has 4 heterocycles. The predicted molar refractivity (Wildman–Crippen MR) is 132 cm³/mol. The first-order valence-corrected chi connectivity index (χ1v) is 13.0. The summed E-state index contributed by atoms with van der Waals surface area (Å²) >= 11 is 1.72. The fraction of sp³-hybridized carbons (Fsp3) is 0.407. The van der Waals surface area contributed by atoms with Gasteiger partial charge in [-0.3, -0.25) is 14.5 Å². The molecule has 0 radical (unpaired) electrons. The summed E-state index contributed by atoms with van der Waals surface area (Å²) in [6.07, 6.45) is 5.32. The first-order valence-electron chi connectivity index (χ1n) is 12.2. The summed E-state index contributed by atoms with van der Waals surface area (Å²) in [4.78, 5) is 36.3. The first kappa shape index (κ1) is 20.5. The topological polar surface area (TPSA) is 65.6 Å². The van der Waals surface area contributed by atoms with Crippen LogP contribution in [-0.4, -0.2) is 59.3 Å². The molecule has 3 aromatic rings. The summed E-state index contributed by atoms with van der Waals surface area (Å²) in [5, 5.41) is 0.964. The molecule has 2 saturated heterocycles. The van der Waals surface area contributed by atoms with Gasteiger partial charge in [0, 0.05) is 51.1 Å². The van der Waals surface area contributed by atoms with Crippen molar-refractivity contribution in [1.29, 1.82) is 0 Å². The van der Waals surface area contributed by atoms with Gasteiger partial charge in [-0.25, -0.2) is 0 Å². The monoisotopic (exact) mass is 473 g/mol. The maximum atomic E-state index is 13.6. The highest BCUT2D eigenvalue weighted by Gasteiger charge is 2.68. The highest BCUT2D eigenvalue weighted by molar-refractivity contribution is 7.12. The van der Waals surface area contributed by atoms with Crippen molar-refractivity contribution in [3.63, 3.8) is 0 Å². The van der Waals surface area contributed by atoms with Gasteiger partial charge in [-0.15, -0.1) is 11.3 Å². The van der Waals surface area contributed by atoms with Gasteiger partial charge in [0.1, 0.15) is 18.1 Å². The molecule has 2 aliphatic carbocycles. The Morgan fingerprint density at radius 2 is 2.09 bits per heavy atom. The summed E-state index contributed by atoms with van der Waals surface area (Å²) in [6, 6.07) is 9.85. The van der Waals surface area contributed by atoms with E-state index in [1.807, 2.05) is 35.2 Å². The molecule has 2 atom stereocenters. The van der Waals surface area contributed by atoms with Crippen LogP contribution in [0.1, 0.15) is 49.9 Å². The van der Waals surface area contributed by atoms with Gasteiger partial charge in [0.25, 0.3) is 5.91 Å². The molecule has 7 rings (SSSR count). The van der Waals surface area contributed by atoms with E-state index in [0.717, 1.165) is 45.8 Å². The van der Waals surface area contributed by atoms with Crippen LogP contribution >= 0.6 is 11.3 Å². The van der Waals surface area contributed by atoms with Crippen LogP contribution < -0.4 is 4.74 Å². The Bertz CT molecular complexity index is 1380. The average Bonchev–Trinajstić information content (AvgIpc) is 3.34. The van der Waals surface area contributed by atoms with E-state index in [-0.39, 0.29) is 17.1 Å². The molecule has 1 aromatic carbocycles. The first-order chi connectivity index (χ1) is 16.5. The molecule has 2 aliphatic heterocycles. The number of aromatic amines is 1. The number of allylic oxidation sites excluding steroid dienone is 2. The van der Waals surface area contributed by atoms with Crippen molar-refractivity contribution >= 4 is 33.9 Å². The zero-order valence-corrected chi connectivity index (χ0v) is 20.0. The Labute approximate surface area is 202 Å². The van der Waals surface area contributed by atoms with Gasteiger partial charge < -0.3 is 14.6 Å². The summed E-state index contributed by atoms with van der Waals surface area (Å²) < 4.78 is 5.99. The molecule has 1 amide bonds. The van der Waals surface area contributed by atoms with Crippen molar-refractivity contribution < 1.29 is 14.3 Å². The van der Waals surface area contributed by atoms with Crippen molar-refractivity contribution in [3.05, 3.63) is 63.1 Å². The van der Waals surface area contributed by atoms with Crippen LogP contribution in [0.3, 0.4) is 0 Å². The average molecular weight is 474 g/mol. The number of carbonyl (C=O) groups excluding carboxylic acids is 2. The number of ketones is 1. The van der Waals surface area contributed by atoms with Gasteiger partial charge >= 0.3 is 0 Å². The summed E-state index contributed by atoms with van der Waals surface area (Å²) in [7, 11) is 0. The summed E-state index contributed by atoms with van der Waals surface area (Å²) in [6.45, 7) is 6.68. The highest BCUT2D eigenvalue weighted by Crippen LogP contribution is 2.68. The smallest absolute Gasteiger partial charge is 0.274 e. The fourth-order valence-corrected chi connectivity index (χ4v) is 7.51. The Morgan fingerprint density at radius 3 is 2.94 bits per heavy atom. The second-order valence-electron chi connectivity index (χ2n) is 10.1. The lowest BCUT2D eigenvalue weighted by Crippen LogP contribution is -2.33. The molecule has 0 bridgehead atoms. The highest BCUT2D eigenvalue weighted by atomic mass is 32.1. The minimum absolute atomic E-state index is 0.0256. The van der Waals surface area contributed by atoms with Gasteiger partial charge in [-0.2, -0.15) is 0 Å². The number of aryl methyl sites for hydroxylation is 1. The molecule has 3 fully saturated rings. The van der Waals surface area contributed by atoms with Crippen LogP contribution in [-0.2, 0) is 5.41 Å². The van der Waals surface area contributed by atoms with Crippen LogP contribution in [0.25, 0.3) is 10.9 Å². The third-order valence-corrected chi connectivity index (χ3v) is 9.22. The Kier molecular flexibility index (Phi) is 4.39. The number of thiophene rings is 1. The molecule has 1 spiro atoms. The van der Waals surface area contributed by atoms with Gasteiger partial charge in [-0.05, 0) is 75.5 Å². The minimum atomic E-state index is -0.125. The van der Waals surface area contributed by atoms with E-state index in [0.29, 0.717) is 24.8 Å². The molecule has 1 saturated carbocycles. The molecule has 34 heavy (non-hydrogen) atoms. The number of likely N-dealkylation sites (tertiary alicyclic amines) is 2. The number of nitrogens with one attached hydrogen (secondary N) is 1. The fourth-order valence-electron chi connectivity index (χ4n) is 6.21. The van der Waals surface area contributed by atoms with Crippen LogP contribution in [0.15, 0.2) is 42.1 Å². The number of aromatic nitrogens is 1. The molecule has 6 nitrogen and oxygen atoms in total. The molecular formula is C27H27N3O3S. The van der Waals surface area contributed by atoms with Crippen molar-refractivity contribution in [3.8, 4) is 5.75 Å². The number of rotatable bonds is 5. The number of hydrogen-bond donors (Lipinski definition) is 1. The SMILES string of the molecule is Cc1cc2c(s1)[C@@]13C[C@@H]1CN(C(=O)c1cc4cc(OCCN5CCCC5)ccc4[nH]1)C3=CC2=O. The lowest BCUT2D eigenvalue weighted by molar-refractivity contribution is 0.0806. The Morgan fingerprint density at radius 1 is 1.24 bits per heavy atom. The van der Waals surface area contributed by atoms with E-state index >= 15 is 0 Å². The number of piperidine rings is 1. The predicted octanol–water partition coefficient (Wildman–Crippen LogP) is 4.51. The standard InChI is InChI=1S/C27H27N3O3S/c1-16-10-20-23(31)13-24-27(25(20)34-16)14-18(27)15-30(24)26(32)22-12-17-11-19(4-5-21(17)28-22)33-9-8-29-6-2-3-7-29/h4-5,10-13,18,28H,2-3,6-9,14-15H2,1H3/t18-,27+/m1/s1. The number of fused-ring (bicyclic) bond motifs is 2. The number of benzene rings is 1. The normalized spacial score (nSPS) is 25.3. The van der Waals surface area contributed by atoms with Gasteiger partial charge in [0.05, 0.1) is 5.41 Å². The van der Waals surface area contributed by atoms with Gasteiger partial charge in [-0.1, -0.05) is 0 Å². The van der Waals surface area contributed by atoms with Gasteiger partial charge in [0.2, 0.25) is 0 Å². The van der Waals surface area contributed by atoms with Crippen LogP contribution in [0, 0.1) is 12.8 Å². The molecular weight excluding hydrogens is 446 g/mol. The molecule has 7 heteroatoms. The van der Waals surface area contributed by atoms with Crippen molar-refractivity contribution in [2.24, 2.45) is 5.92 Å². The largest absolute Gasteiger partial charge is 0.492 e. The molecule has 2 aromatic heterocycles. The second kappa shape index (κ2) is 7.30. The summed E-state index contributed by atoms with van der Waals surface area (Å²) in [5.74, 6) is 1.20. The Balaban J connectivity index is 1.12. The van der Waals surface area contributed by atoms with E-state index in [1.165, 1.54) is 30.8 Å². The van der Waals surface area contributed by atoms with Crippen LogP contribution in [0.5, 0.6) is 5.75 Å². The Hall–Kier alpha value is -2.90. The van der Waals surface area contributed by atoms with Crippen molar-refractivity contribution in [1.82, 2.24) is 14.8 Å². The number of H-pyrrole nitrogens is 1. The van der Waals surface area contributed by atoms with Crippen LogP contribution in [0.2, 0.25) is 0 Å². The maximum Gasteiger partial charge on any atom is 0.274 e. The second-order valence-corrected chi connectivity index (χ2v) is 11.4. The van der Waals surface area contributed by atoms with Gasteiger partial charge in [0.15, 0.2) is 5.78 Å². The third kappa shape index (κ3) is 2.96. The molecule has 1 N–H and O–H groups in total. The number of amides is 1. The van der Waals surface area contributed by atoms with E-state index in [2.05, 4.69) is 16.8 Å². The maximum absolute atomic E-state index is 13.6. The van der Waals surface area contributed by atoms with E-state index in [1.54, 1.807) is 17.4 Å². The van der Waals surface area contributed by atoms with E-state index in [4.69, 9.17) is 4.74 Å². The summed E-state index contributed by atoms with van der Waals surface area (Å²) in [5.41, 5.74) is 3.08. The van der Waals surface area contributed by atoms with E-state index in [9.17, 15) is 9.59 Å². The lowest BCUT2D eigenvalue weighted by atomic mass is 9.88. The van der Waals surface area contributed by atoms with Crippen molar-refractivity contribution in [2.45, 2.75) is 31.6 Å².